The number of hydrogen-bond acceptors (Lipinski definition) is 7. The molecule has 0 spiro atoms. The van der Waals surface area contributed by atoms with Crippen LogP contribution in [-0.4, -0.2) is 46.8 Å². The third-order valence-corrected chi connectivity index (χ3v) is 4.62. The van der Waals surface area contributed by atoms with E-state index in [1.54, 1.807) is 0 Å². The number of benzene rings is 1. The van der Waals surface area contributed by atoms with Crippen LogP contribution in [0, 0.1) is 5.82 Å². The highest BCUT2D eigenvalue weighted by atomic mass is 32.2. The quantitative estimate of drug-likeness (QED) is 0.561. The lowest BCUT2D eigenvalue weighted by Crippen LogP contribution is -2.18. The minimum absolute atomic E-state index is 0.108. The largest absolute Gasteiger partial charge is 0.494 e. The predicted octanol–water partition coefficient (Wildman–Crippen LogP) is 2.79. The van der Waals surface area contributed by atoms with Gasteiger partial charge in [-0.15, -0.1) is 10.2 Å². The van der Waals surface area contributed by atoms with Crippen molar-refractivity contribution in [3.05, 3.63) is 35.5 Å². The number of halogens is 1. The summed E-state index contributed by atoms with van der Waals surface area (Å²) in [5.74, 6) is 0.0156. The maximum atomic E-state index is 13.6. The molecule has 1 aromatic carbocycles. The minimum atomic E-state index is -0.556. The first-order valence-electron chi connectivity index (χ1n) is 7.70. The number of hydrogen-bond donors (Lipinski definition) is 0. The Hall–Kier alpha value is -1.93. The number of ether oxygens (including phenoxy) is 1. The number of ketones is 1. The molecule has 0 N–H and O–H groups in total. The molecule has 128 valence electrons. The zero-order valence-electron chi connectivity index (χ0n) is 13.3. The fourth-order valence-corrected chi connectivity index (χ4v) is 3.22. The minimum Gasteiger partial charge on any atom is -0.494 e. The normalized spacial score (nSPS) is 14.9. The maximum absolute atomic E-state index is 13.6. The van der Waals surface area contributed by atoms with E-state index >= 15 is 0 Å². The Labute approximate surface area is 143 Å². The fraction of sp³-hybridized carbons (Fsp3) is 0.438. The third-order valence-electron chi connectivity index (χ3n) is 3.81. The van der Waals surface area contributed by atoms with Gasteiger partial charge in [0.2, 0.25) is 5.89 Å². The van der Waals surface area contributed by atoms with E-state index in [1.807, 2.05) is 0 Å². The Morgan fingerprint density at radius 3 is 2.88 bits per heavy atom. The number of aromatic nitrogens is 2. The first kappa shape index (κ1) is 16.9. The van der Waals surface area contributed by atoms with Crippen LogP contribution in [0.15, 0.2) is 27.8 Å². The topological polar surface area (TPSA) is 68.5 Å². The van der Waals surface area contributed by atoms with E-state index in [0.29, 0.717) is 17.7 Å². The zero-order chi connectivity index (χ0) is 16.9. The Bertz CT molecular complexity index is 716. The van der Waals surface area contributed by atoms with E-state index in [1.165, 1.54) is 38.2 Å². The summed E-state index contributed by atoms with van der Waals surface area (Å²) < 4.78 is 24.0. The molecule has 1 fully saturated rings. The first-order valence-corrected chi connectivity index (χ1v) is 8.68. The Morgan fingerprint density at radius 2 is 2.17 bits per heavy atom. The molecule has 8 heteroatoms. The summed E-state index contributed by atoms with van der Waals surface area (Å²) in [5.41, 5.74) is 0.289. The Balaban J connectivity index is 1.54. The summed E-state index contributed by atoms with van der Waals surface area (Å²) in [5, 5.41) is 8.30. The van der Waals surface area contributed by atoms with Crippen molar-refractivity contribution in [3.8, 4) is 5.75 Å². The number of carbonyl (C=O) groups is 1. The van der Waals surface area contributed by atoms with E-state index in [2.05, 4.69) is 15.1 Å². The molecule has 2 heterocycles. The lowest BCUT2D eigenvalue weighted by atomic mass is 10.1. The number of likely N-dealkylation sites (tertiary alicyclic amines) is 1. The van der Waals surface area contributed by atoms with Gasteiger partial charge in [0.15, 0.2) is 17.3 Å². The van der Waals surface area contributed by atoms with Crippen molar-refractivity contribution in [2.24, 2.45) is 0 Å². The van der Waals surface area contributed by atoms with Gasteiger partial charge in [-0.2, -0.15) is 0 Å². The number of Topliss-reactive ketones (excluding diaryl/α,β-unsaturated/α-hetero) is 1. The predicted molar refractivity (Wildman–Crippen MR) is 86.8 cm³/mol. The molecule has 0 unspecified atom stereocenters. The van der Waals surface area contributed by atoms with Crippen molar-refractivity contribution in [2.75, 3.05) is 26.0 Å². The second kappa shape index (κ2) is 7.76. The molecule has 0 saturated carbocycles. The van der Waals surface area contributed by atoms with Crippen LogP contribution in [0.25, 0.3) is 0 Å². The van der Waals surface area contributed by atoms with Gasteiger partial charge in [0.25, 0.3) is 5.22 Å². The molecule has 3 rings (SSSR count). The molecule has 1 aromatic heterocycles. The van der Waals surface area contributed by atoms with Gasteiger partial charge in [0.05, 0.1) is 19.4 Å². The van der Waals surface area contributed by atoms with Crippen LogP contribution in [0.4, 0.5) is 4.39 Å². The fourth-order valence-electron chi connectivity index (χ4n) is 2.54. The summed E-state index contributed by atoms with van der Waals surface area (Å²) in [6.45, 7) is 2.74. The van der Waals surface area contributed by atoms with Crippen molar-refractivity contribution < 1.29 is 18.3 Å². The molecule has 1 saturated heterocycles. The number of nitrogens with zero attached hydrogens (tertiary/aromatic N) is 3. The zero-order valence-corrected chi connectivity index (χ0v) is 14.1. The molecule has 0 atom stereocenters. The molecule has 1 aliphatic heterocycles. The van der Waals surface area contributed by atoms with Crippen molar-refractivity contribution >= 4 is 17.5 Å². The van der Waals surface area contributed by atoms with Crippen LogP contribution in [0.2, 0.25) is 0 Å². The maximum Gasteiger partial charge on any atom is 0.277 e. The van der Waals surface area contributed by atoms with E-state index in [0.717, 1.165) is 24.9 Å². The molecule has 1 aliphatic rings. The highest BCUT2D eigenvalue weighted by Crippen LogP contribution is 2.22. The van der Waals surface area contributed by atoms with Gasteiger partial charge < -0.3 is 9.15 Å². The van der Waals surface area contributed by atoms with Crippen molar-refractivity contribution in [3.63, 3.8) is 0 Å². The molecule has 0 bridgehead atoms. The molecule has 24 heavy (non-hydrogen) atoms. The van der Waals surface area contributed by atoms with Crippen LogP contribution >= 0.6 is 11.8 Å². The second-order valence-electron chi connectivity index (χ2n) is 5.51. The van der Waals surface area contributed by atoms with Gasteiger partial charge in [-0.05, 0) is 44.1 Å². The number of carbonyl (C=O) groups excluding carboxylic acids is 1. The molecular weight excluding hydrogens is 333 g/mol. The summed E-state index contributed by atoms with van der Waals surface area (Å²) in [6.07, 6.45) is 2.39. The summed E-state index contributed by atoms with van der Waals surface area (Å²) >= 11 is 1.16. The van der Waals surface area contributed by atoms with Crippen molar-refractivity contribution in [1.82, 2.24) is 15.1 Å². The van der Waals surface area contributed by atoms with Gasteiger partial charge in [0.1, 0.15) is 0 Å². The third kappa shape index (κ3) is 4.12. The molecule has 0 aliphatic carbocycles. The molecular formula is C16H18FN3O3S. The molecule has 2 aromatic rings. The van der Waals surface area contributed by atoms with Gasteiger partial charge in [-0.3, -0.25) is 9.69 Å². The van der Waals surface area contributed by atoms with E-state index in [4.69, 9.17) is 9.15 Å². The van der Waals surface area contributed by atoms with Crippen LogP contribution in [0.5, 0.6) is 5.75 Å². The highest BCUT2D eigenvalue weighted by Gasteiger charge is 2.17. The second-order valence-corrected chi connectivity index (χ2v) is 6.43. The van der Waals surface area contributed by atoms with E-state index < -0.39 is 5.82 Å². The van der Waals surface area contributed by atoms with E-state index in [-0.39, 0.29) is 22.8 Å². The van der Waals surface area contributed by atoms with Crippen LogP contribution in [-0.2, 0) is 6.54 Å². The highest BCUT2D eigenvalue weighted by molar-refractivity contribution is 7.99. The summed E-state index contributed by atoms with van der Waals surface area (Å²) in [7, 11) is 1.38. The van der Waals surface area contributed by atoms with Gasteiger partial charge >= 0.3 is 0 Å². The molecule has 6 nitrogen and oxygen atoms in total. The Kier molecular flexibility index (Phi) is 5.47. The smallest absolute Gasteiger partial charge is 0.277 e. The van der Waals surface area contributed by atoms with Crippen LogP contribution < -0.4 is 4.74 Å². The lowest BCUT2D eigenvalue weighted by Gasteiger charge is -2.10. The number of thioether (sulfide) groups is 1. The van der Waals surface area contributed by atoms with Gasteiger partial charge in [-0.25, -0.2) is 4.39 Å². The van der Waals surface area contributed by atoms with Gasteiger partial charge in [-0.1, -0.05) is 11.8 Å². The van der Waals surface area contributed by atoms with E-state index in [9.17, 15) is 9.18 Å². The average molecular weight is 351 g/mol. The lowest BCUT2D eigenvalue weighted by molar-refractivity contribution is 0.102. The van der Waals surface area contributed by atoms with Crippen molar-refractivity contribution in [1.29, 1.82) is 0 Å². The number of rotatable bonds is 7. The molecule has 0 radical (unpaired) electrons. The molecule has 0 amide bonds. The standard InChI is InChI=1S/C16H18FN3O3S/c1-22-14-5-4-11(8-12(14)17)13(21)10-24-16-19-18-15(23-16)9-20-6-2-3-7-20/h4-5,8H,2-3,6-7,9-10H2,1H3. The van der Waals surface area contributed by atoms with Crippen LogP contribution in [0.3, 0.4) is 0 Å². The number of methoxy groups -OCH3 is 1. The summed E-state index contributed by atoms with van der Waals surface area (Å²) in [6, 6.07) is 4.15. The SMILES string of the molecule is COc1ccc(C(=O)CSc2nnc(CN3CCCC3)o2)cc1F. The van der Waals surface area contributed by atoms with Gasteiger partial charge in [0, 0.05) is 5.56 Å². The average Bonchev–Trinajstić information content (AvgIpc) is 3.25. The first-order chi connectivity index (χ1) is 11.7. The monoisotopic (exact) mass is 351 g/mol. The Morgan fingerprint density at radius 1 is 1.38 bits per heavy atom. The van der Waals surface area contributed by atoms with Crippen molar-refractivity contribution in [2.45, 2.75) is 24.6 Å². The summed E-state index contributed by atoms with van der Waals surface area (Å²) in [4.78, 5) is 14.4. The van der Waals surface area contributed by atoms with Crippen LogP contribution in [0.1, 0.15) is 29.1 Å².